The van der Waals surface area contributed by atoms with Crippen molar-refractivity contribution in [2.75, 3.05) is 13.2 Å². The molecule has 2 aromatic heterocycles. The van der Waals surface area contributed by atoms with Crippen LogP contribution in [-0.2, 0) is 9.53 Å². The van der Waals surface area contributed by atoms with Crippen LogP contribution in [0.15, 0.2) is 85.9 Å². The molecule has 9 heteroatoms. The summed E-state index contributed by atoms with van der Waals surface area (Å²) >= 11 is 6.33. The minimum absolute atomic E-state index is 0.206. The molecule has 5 rings (SSSR count). The zero-order chi connectivity index (χ0) is 25.9. The van der Waals surface area contributed by atoms with Crippen molar-refractivity contribution in [3.63, 3.8) is 0 Å². The van der Waals surface area contributed by atoms with Crippen molar-refractivity contribution in [2.24, 2.45) is 4.99 Å². The summed E-state index contributed by atoms with van der Waals surface area (Å²) in [5.41, 5.74) is 2.17. The van der Waals surface area contributed by atoms with Gasteiger partial charge in [-0.15, -0.1) is 11.3 Å². The average molecular weight is 596 g/mol. The number of esters is 1. The third kappa shape index (κ3) is 5.12. The maximum absolute atomic E-state index is 13.8. The van der Waals surface area contributed by atoms with Gasteiger partial charge in [0.05, 0.1) is 38.8 Å². The first kappa shape index (κ1) is 25.4. The van der Waals surface area contributed by atoms with Crippen LogP contribution in [0.1, 0.15) is 35.9 Å². The van der Waals surface area contributed by atoms with Crippen molar-refractivity contribution in [3.8, 4) is 5.75 Å². The van der Waals surface area contributed by atoms with Crippen LogP contribution in [0.4, 0.5) is 0 Å². The number of benzene rings is 2. The normalized spacial score (nSPS) is 15.3. The van der Waals surface area contributed by atoms with Crippen LogP contribution in [-0.4, -0.2) is 23.8 Å². The summed E-state index contributed by atoms with van der Waals surface area (Å²) in [5.74, 6) is 0.215. The second-order valence-electron chi connectivity index (χ2n) is 8.08. The lowest BCUT2D eigenvalue weighted by Crippen LogP contribution is -2.39. The van der Waals surface area contributed by atoms with Crippen LogP contribution >= 0.6 is 38.6 Å². The van der Waals surface area contributed by atoms with E-state index >= 15 is 0 Å². The molecule has 0 bridgehead atoms. The summed E-state index contributed by atoms with van der Waals surface area (Å²) in [6.07, 6.45) is 1.87. The molecule has 0 aliphatic carbocycles. The minimum atomic E-state index is -0.710. The van der Waals surface area contributed by atoms with Crippen molar-refractivity contribution >= 4 is 56.3 Å². The molecule has 0 unspecified atom stereocenters. The maximum Gasteiger partial charge on any atom is 0.338 e. The molecular weight excluding hydrogens is 572 g/mol. The fourth-order valence-electron chi connectivity index (χ4n) is 4.20. The lowest BCUT2D eigenvalue weighted by Gasteiger charge is -2.26. The lowest BCUT2D eigenvalue weighted by atomic mass is 9.93. The van der Waals surface area contributed by atoms with E-state index in [0.717, 1.165) is 19.8 Å². The molecule has 0 N–H and O–H groups in total. The first-order valence-corrected chi connectivity index (χ1v) is 14.2. The predicted molar refractivity (Wildman–Crippen MR) is 151 cm³/mol. The molecule has 0 spiro atoms. The Morgan fingerprint density at radius 3 is 2.43 bits per heavy atom. The number of thiazole rings is 1. The Hall–Kier alpha value is -3.27. The van der Waals surface area contributed by atoms with Crippen LogP contribution in [0.2, 0.25) is 0 Å². The molecule has 0 amide bonds. The standard InChI is InChI=1S/C28H23BrN2O4S2/c1-3-34-19-12-10-18(11-13-19)25-23(27(33)35-4-2)24(17-8-6-5-7-9-17)30-28-31(25)26(32)21(37-28)16-20-14-15-22(29)36-20/h5-16,25H,3-4H2,1-2H3/b21-16+/t25-/m1/s1. The molecule has 0 saturated carbocycles. The number of ether oxygens (including phenoxy) is 2. The number of hydrogen-bond acceptors (Lipinski definition) is 7. The molecule has 1 aliphatic rings. The average Bonchev–Trinajstić information content (AvgIpc) is 3.46. The highest BCUT2D eigenvalue weighted by Crippen LogP contribution is 2.35. The fraction of sp³-hybridized carbons (Fsp3) is 0.179. The summed E-state index contributed by atoms with van der Waals surface area (Å²) in [5, 5.41) is 0. The summed E-state index contributed by atoms with van der Waals surface area (Å²) in [4.78, 5) is 33.6. The maximum atomic E-state index is 13.8. The first-order chi connectivity index (χ1) is 18.0. The van der Waals surface area contributed by atoms with E-state index in [1.54, 1.807) is 22.8 Å². The van der Waals surface area contributed by atoms with Crippen molar-refractivity contribution in [2.45, 2.75) is 19.9 Å². The number of thiophene rings is 1. The van der Waals surface area contributed by atoms with E-state index < -0.39 is 12.0 Å². The molecular formula is C28H23BrN2O4S2. The van der Waals surface area contributed by atoms with Crippen molar-refractivity contribution in [1.82, 2.24) is 4.57 Å². The van der Waals surface area contributed by atoms with Gasteiger partial charge in [-0.1, -0.05) is 53.8 Å². The molecule has 4 aromatic rings. The Bertz CT molecular complexity index is 1650. The van der Waals surface area contributed by atoms with Gasteiger partial charge >= 0.3 is 5.97 Å². The van der Waals surface area contributed by atoms with Gasteiger partial charge in [0.1, 0.15) is 5.75 Å². The number of nitrogens with zero attached hydrogens (tertiary/aromatic N) is 2. The lowest BCUT2D eigenvalue weighted by molar-refractivity contribution is -0.138. The quantitative estimate of drug-likeness (QED) is 0.277. The predicted octanol–water partition coefficient (Wildman–Crippen LogP) is 5.16. The third-order valence-electron chi connectivity index (χ3n) is 5.75. The van der Waals surface area contributed by atoms with Gasteiger partial charge in [-0.05, 0) is 65.7 Å². The highest BCUT2D eigenvalue weighted by atomic mass is 79.9. The van der Waals surface area contributed by atoms with Gasteiger partial charge in [0.2, 0.25) is 0 Å². The van der Waals surface area contributed by atoms with E-state index in [0.29, 0.717) is 33.0 Å². The number of hydrogen-bond donors (Lipinski definition) is 0. The molecule has 1 atom stereocenters. The first-order valence-electron chi connectivity index (χ1n) is 11.8. The zero-order valence-electron chi connectivity index (χ0n) is 20.1. The largest absolute Gasteiger partial charge is 0.494 e. The summed E-state index contributed by atoms with van der Waals surface area (Å²) in [7, 11) is 0. The Morgan fingerprint density at radius 2 is 1.78 bits per heavy atom. The number of halogens is 1. The molecule has 0 radical (unpaired) electrons. The number of rotatable bonds is 7. The van der Waals surface area contributed by atoms with Crippen molar-refractivity contribution < 1.29 is 14.3 Å². The van der Waals surface area contributed by atoms with Gasteiger partial charge < -0.3 is 9.47 Å². The van der Waals surface area contributed by atoms with Crippen molar-refractivity contribution in [1.29, 1.82) is 0 Å². The smallest absolute Gasteiger partial charge is 0.338 e. The minimum Gasteiger partial charge on any atom is -0.494 e. The number of aromatic nitrogens is 1. The van der Waals surface area contributed by atoms with Gasteiger partial charge in [-0.3, -0.25) is 9.36 Å². The van der Waals surface area contributed by atoms with E-state index in [-0.39, 0.29) is 12.2 Å². The van der Waals surface area contributed by atoms with E-state index in [4.69, 9.17) is 14.5 Å². The molecule has 2 aromatic carbocycles. The van der Waals surface area contributed by atoms with Gasteiger partial charge in [0.15, 0.2) is 4.80 Å². The van der Waals surface area contributed by atoms with Crippen LogP contribution in [0.25, 0.3) is 11.8 Å². The zero-order valence-corrected chi connectivity index (χ0v) is 23.4. The Balaban J connectivity index is 1.80. The topological polar surface area (TPSA) is 69.9 Å². The van der Waals surface area contributed by atoms with Crippen LogP contribution in [0, 0.1) is 0 Å². The van der Waals surface area contributed by atoms with Gasteiger partial charge in [-0.25, -0.2) is 9.79 Å². The SMILES string of the molecule is CCOC(=O)C1=C(c2ccccc2)N=c2s/c(=C/c3ccc(Br)s3)c(=O)n2[C@@H]1c1ccc(OCC)cc1. The highest BCUT2D eigenvalue weighted by molar-refractivity contribution is 9.11. The Morgan fingerprint density at radius 1 is 1.03 bits per heavy atom. The van der Waals surface area contributed by atoms with E-state index in [9.17, 15) is 9.59 Å². The second-order valence-corrected chi connectivity index (χ2v) is 11.6. The molecule has 188 valence electrons. The highest BCUT2D eigenvalue weighted by Gasteiger charge is 2.35. The van der Waals surface area contributed by atoms with E-state index in [1.807, 2.05) is 79.7 Å². The molecule has 37 heavy (non-hydrogen) atoms. The number of fused-ring (bicyclic) bond motifs is 1. The number of carbonyl (C=O) groups is 1. The van der Waals surface area contributed by atoms with E-state index in [2.05, 4.69) is 15.9 Å². The van der Waals surface area contributed by atoms with Gasteiger partial charge in [0, 0.05) is 10.4 Å². The monoisotopic (exact) mass is 594 g/mol. The second kappa shape index (κ2) is 11.0. The molecule has 1 aliphatic heterocycles. The Labute approximate surface area is 230 Å². The van der Waals surface area contributed by atoms with Gasteiger partial charge in [-0.2, -0.15) is 0 Å². The summed E-state index contributed by atoms with van der Waals surface area (Å²) in [6.45, 7) is 4.44. The van der Waals surface area contributed by atoms with Gasteiger partial charge in [0.25, 0.3) is 5.56 Å². The molecule has 0 saturated heterocycles. The number of carbonyl (C=O) groups excluding carboxylic acids is 1. The molecule has 3 heterocycles. The Kier molecular flexibility index (Phi) is 7.55. The fourth-order valence-corrected chi connectivity index (χ4v) is 6.64. The molecule has 0 fully saturated rings. The van der Waals surface area contributed by atoms with Crippen LogP contribution in [0.5, 0.6) is 5.75 Å². The summed E-state index contributed by atoms with van der Waals surface area (Å²) in [6, 6.07) is 20.2. The van der Waals surface area contributed by atoms with Crippen LogP contribution < -0.4 is 19.6 Å². The summed E-state index contributed by atoms with van der Waals surface area (Å²) < 4.78 is 14.3. The third-order valence-corrected chi connectivity index (χ3v) is 8.30. The van der Waals surface area contributed by atoms with Crippen molar-refractivity contribution in [3.05, 3.63) is 112 Å². The molecule has 6 nitrogen and oxygen atoms in total. The van der Waals surface area contributed by atoms with E-state index in [1.165, 1.54) is 11.3 Å². The van der Waals surface area contributed by atoms with Crippen LogP contribution in [0.3, 0.4) is 0 Å².